The number of ether oxygens (including phenoxy) is 1. The van der Waals surface area contributed by atoms with Crippen molar-refractivity contribution in [3.05, 3.63) is 30.3 Å². The van der Waals surface area contributed by atoms with Gasteiger partial charge in [-0.3, -0.25) is 9.69 Å². The van der Waals surface area contributed by atoms with Crippen LogP contribution in [-0.4, -0.2) is 30.2 Å². The number of benzene rings is 1. The summed E-state index contributed by atoms with van der Waals surface area (Å²) >= 11 is 5.54. The lowest BCUT2D eigenvalue weighted by atomic mass is 10.2. The number of carbonyl (C=O) groups excluding carboxylic acids is 2. The summed E-state index contributed by atoms with van der Waals surface area (Å²) in [6.45, 7) is 5.87. The molecule has 0 bridgehead atoms. The number of nitrogens with one attached hydrogen (secondary N) is 1. The molecule has 1 rings (SSSR count). The summed E-state index contributed by atoms with van der Waals surface area (Å²) < 4.78 is 5.10. The number of amides is 2. The van der Waals surface area contributed by atoms with Crippen LogP contribution >= 0.6 is 11.6 Å². The highest BCUT2D eigenvalue weighted by molar-refractivity contribution is 6.66. The molecule has 1 aromatic rings. The minimum atomic E-state index is -0.595. The molecule has 20 heavy (non-hydrogen) atoms. The molecular weight excluding hydrogens is 280 g/mol. The lowest BCUT2D eigenvalue weighted by Crippen LogP contribution is -2.38. The Hall–Kier alpha value is -1.75. The molecule has 0 aromatic heterocycles. The highest BCUT2D eigenvalue weighted by Crippen LogP contribution is 2.14. The minimum absolute atomic E-state index is 0.252. The Morgan fingerprint density at radius 1 is 1.25 bits per heavy atom. The quantitative estimate of drug-likeness (QED) is 0.685. The number of hydrogen-bond acceptors (Lipinski definition) is 3. The third kappa shape index (κ3) is 5.93. The Labute approximate surface area is 123 Å². The van der Waals surface area contributed by atoms with Gasteiger partial charge in [-0.1, -0.05) is 18.2 Å². The molecule has 0 saturated carbocycles. The van der Waals surface area contributed by atoms with Crippen LogP contribution in [0.3, 0.4) is 0 Å². The molecule has 1 aromatic carbocycles. The second-order valence-corrected chi connectivity index (χ2v) is 5.49. The van der Waals surface area contributed by atoms with Crippen LogP contribution in [0.5, 0.6) is 0 Å². The lowest BCUT2D eigenvalue weighted by Gasteiger charge is -2.22. The molecule has 6 heteroatoms. The van der Waals surface area contributed by atoms with Crippen molar-refractivity contribution in [2.24, 2.45) is 0 Å². The summed E-state index contributed by atoms with van der Waals surface area (Å²) in [7, 11) is 0. The van der Waals surface area contributed by atoms with Crippen molar-refractivity contribution in [2.45, 2.75) is 26.4 Å². The third-order valence-electron chi connectivity index (χ3n) is 2.28. The zero-order valence-corrected chi connectivity index (χ0v) is 12.6. The van der Waals surface area contributed by atoms with Crippen LogP contribution in [0.2, 0.25) is 0 Å². The topological polar surface area (TPSA) is 58.6 Å². The van der Waals surface area contributed by atoms with E-state index in [1.54, 1.807) is 32.9 Å². The summed E-state index contributed by atoms with van der Waals surface area (Å²) in [5.41, 5.74) is 0.129. The number of para-hydroxylation sites is 1. The number of anilines is 1. The first-order chi connectivity index (χ1) is 9.29. The van der Waals surface area contributed by atoms with Gasteiger partial charge in [-0.25, -0.2) is 4.79 Å². The molecule has 2 amide bonds. The summed E-state index contributed by atoms with van der Waals surface area (Å²) in [5.74, 6) is 0. The van der Waals surface area contributed by atoms with Gasteiger partial charge in [0.2, 0.25) is 0 Å². The van der Waals surface area contributed by atoms with E-state index in [2.05, 4.69) is 5.32 Å². The van der Waals surface area contributed by atoms with Crippen molar-refractivity contribution in [1.82, 2.24) is 5.32 Å². The van der Waals surface area contributed by atoms with E-state index in [1.807, 2.05) is 18.2 Å². The molecule has 0 aliphatic heterocycles. The van der Waals surface area contributed by atoms with Crippen molar-refractivity contribution in [3.8, 4) is 0 Å². The maximum atomic E-state index is 11.5. The number of rotatable bonds is 4. The molecule has 5 nitrogen and oxygen atoms in total. The van der Waals surface area contributed by atoms with E-state index in [0.717, 1.165) is 0 Å². The van der Waals surface area contributed by atoms with Crippen LogP contribution in [0.15, 0.2) is 30.3 Å². The summed E-state index contributed by atoms with van der Waals surface area (Å²) in [6.07, 6.45) is -0.521. The highest BCUT2D eigenvalue weighted by Gasteiger charge is 2.17. The monoisotopic (exact) mass is 298 g/mol. The first-order valence-electron chi connectivity index (χ1n) is 6.28. The molecule has 0 unspecified atom stereocenters. The first kappa shape index (κ1) is 16.3. The largest absolute Gasteiger partial charge is 0.444 e. The number of carbonyl (C=O) groups is 2. The van der Waals surface area contributed by atoms with Crippen LogP contribution < -0.4 is 10.2 Å². The smallest absolute Gasteiger partial charge is 0.407 e. The Kier molecular flexibility index (Phi) is 5.82. The number of alkyl carbamates (subject to hydrolysis) is 1. The molecule has 1 N–H and O–H groups in total. The Morgan fingerprint density at radius 3 is 2.35 bits per heavy atom. The van der Waals surface area contributed by atoms with E-state index in [9.17, 15) is 9.59 Å². The van der Waals surface area contributed by atoms with Crippen molar-refractivity contribution < 1.29 is 14.3 Å². The van der Waals surface area contributed by atoms with Crippen LogP contribution in [0.1, 0.15) is 20.8 Å². The van der Waals surface area contributed by atoms with Gasteiger partial charge in [0.05, 0.1) is 0 Å². The number of hydrogen-bond donors (Lipinski definition) is 1. The Bertz CT molecular complexity index is 457. The molecule has 0 aliphatic rings. The zero-order valence-electron chi connectivity index (χ0n) is 11.9. The van der Waals surface area contributed by atoms with E-state index in [0.29, 0.717) is 5.69 Å². The molecule has 0 radical (unpaired) electrons. The van der Waals surface area contributed by atoms with Crippen LogP contribution in [-0.2, 0) is 4.74 Å². The SMILES string of the molecule is CC(C)(C)OC(=O)NCCN(C(=O)Cl)c1ccccc1. The van der Waals surface area contributed by atoms with E-state index in [-0.39, 0.29) is 13.1 Å². The van der Waals surface area contributed by atoms with Crippen LogP contribution in [0.25, 0.3) is 0 Å². The molecule has 0 atom stereocenters. The fourth-order valence-corrected chi connectivity index (χ4v) is 1.69. The molecular formula is C14H19ClN2O3. The average molecular weight is 299 g/mol. The standard InChI is InChI=1S/C14H19ClN2O3/c1-14(2,3)20-13(19)16-9-10-17(12(15)18)11-7-5-4-6-8-11/h4-8H,9-10H2,1-3H3,(H,16,19). The summed E-state index contributed by atoms with van der Waals surface area (Å²) in [4.78, 5) is 24.2. The zero-order chi connectivity index (χ0) is 15.2. The second kappa shape index (κ2) is 7.14. The molecule has 0 spiro atoms. The molecule has 0 fully saturated rings. The highest BCUT2D eigenvalue weighted by atomic mass is 35.5. The van der Waals surface area contributed by atoms with Gasteiger partial charge in [0.15, 0.2) is 0 Å². The molecule has 0 saturated heterocycles. The average Bonchev–Trinajstić information content (AvgIpc) is 2.33. The van der Waals surface area contributed by atoms with Gasteiger partial charge < -0.3 is 10.1 Å². The number of halogens is 1. The van der Waals surface area contributed by atoms with Crippen molar-refractivity contribution in [3.63, 3.8) is 0 Å². The Balaban J connectivity index is 2.49. The van der Waals surface area contributed by atoms with Crippen LogP contribution in [0, 0.1) is 0 Å². The fraction of sp³-hybridized carbons (Fsp3) is 0.429. The maximum absolute atomic E-state index is 11.5. The molecule has 110 valence electrons. The second-order valence-electron chi connectivity index (χ2n) is 5.17. The van der Waals surface area contributed by atoms with E-state index in [4.69, 9.17) is 16.3 Å². The predicted molar refractivity (Wildman–Crippen MR) is 79.3 cm³/mol. The van der Waals surface area contributed by atoms with Gasteiger partial charge in [0.25, 0.3) is 0 Å². The summed E-state index contributed by atoms with van der Waals surface area (Å²) in [6, 6.07) is 9.01. The molecule has 0 aliphatic carbocycles. The van der Waals surface area contributed by atoms with E-state index < -0.39 is 17.1 Å². The Morgan fingerprint density at radius 2 is 1.85 bits per heavy atom. The normalized spacial score (nSPS) is 10.8. The van der Waals surface area contributed by atoms with Crippen molar-refractivity contribution in [2.75, 3.05) is 18.0 Å². The van der Waals surface area contributed by atoms with E-state index in [1.165, 1.54) is 4.90 Å². The van der Waals surface area contributed by atoms with Gasteiger partial charge in [-0.15, -0.1) is 0 Å². The maximum Gasteiger partial charge on any atom is 0.407 e. The molecule has 0 heterocycles. The minimum Gasteiger partial charge on any atom is -0.444 e. The van der Waals surface area contributed by atoms with Gasteiger partial charge >= 0.3 is 11.5 Å². The predicted octanol–water partition coefficient (Wildman–Crippen LogP) is 3.38. The number of nitrogens with zero attached hydrogens (tertiary/aromatic N) is 1. The summed E-state index contributed by atoms with van der Waals surface area (Å²) in [5, 5.41) is 1.99. The van der Waals surface area contributed by atoms with Crippen molar-refractivity contribution in [1.29, 1.82) is 0 Å². The van der Waals surface area contributed by atoms with Crippen LogP contribution in [0.4, 0.5) is 15.3 Å². The van der Waals surface area contributed by atoms with Gasteiger partial charge in [-0.2, -0.15) is 0 Å². The van der Waals surface area contributed by atoms with E-state index >= 15 is 0 Å². The van der Waals surface area contributed by atoms with Gasteiger partial charge in [0.1, 0.15) is 5.60 Å². The third-order valence-corrected chi connectivity index (χ3v) is 2.49. The van der Waals surface area contributed by atoms with Gasteiger partial charge in [0, 0.05) is 18.8 Å². The van der Waals surface area contributed by atoms with Crippen molar-refractivity contribution >= 4 is 28.7 Å². The van der Waals surface area contributed by atoms with Gasteiger partial charge in [-0.05, 0) is 44.5 Å². The fourth-order valence-electron chi connectivity index (χ4n) is 1.51. The lowest BCUT2D eigenvalue weighted by molar-refractivity contribution is 0.0529. The first-order valence-corrected chi connectivity index (χ1v) is 6.66.